The summed E-state index contributed by atoms with van der Waals surface area (Å²) in [5.74, 6) is 0.343. The minimum atomic E-state index is -1.40. The number of allylic oxidation sites excluding steroid dienone is 2. The van der Waals surface area contributed by atoms with Gasteiger partial charge in [-0.2, -0.15) is 0 Å². The summed E-state index contributed by atoms with van der Waals surface area (Å²) in [5, 5.41) is 11.9. The van der Waals surface area contributed by atoms with E-state index in [1.54, 1.807) is 12.1 Å². The molecule has 0 bridgehead atoms. The van der Waals surface area contributed by atoms with Gasteiger partial charge in [-0.3, -0.25) is 0 Å². The molecule has 0 unspecified atom stereocenters. The zero-order valence-electron chi connectivity index (χ0n) is 16.4. The van der Waals surface area contributed by atoms with E-state index in [4.69, 9.17) is 39.5 Å². The van der Waals surface area contributed by atoms with Crippen LogP contribution in [0.2, 0.25) is 11.6 Å². The third kappa shape index (κ3) is 9.22. The van der Waals surface area contributed by atoms with Gasteiger partial charge in [0.05, 0.1) is 0 Å². The van der Waals surface area contributed by atoms with Crippen LogP contribution in [0.1, 0.15) is 32.1 Å². The number of alkyl halides is 1. The second-order valence-corrected chi connectivity index (χ2v) is 15.1. The van der Waals surface area contributed by atoms with Crippen LogP contribution < -0.4 is 0.743 Å². The molecule has 0 spiro atoms. The Labute approximate surface area is 210 Å². The molecule has 157 valence electrons. The Balaban J connectivity index is 1.79. The van der Waals surface area contributed by atoms with E-state index in [0.717, 1.165) is 20.9 Å². The molecule has 4 atom stereocenters. The summed E-state index contributed by atoms with van der Waals surface area (Å²) in [6.07, 6.45) is 9.02. The van der Waals surface area contributed by atoms with Crippen molar-refractivity contribution in [3.05, 3.63) is 53.1 Å². The maximum atomic E-state index is 11.4. The van der Waals surface area contributed by atoms with E-state index < -0.39 is 39.7 Å². The second-order valence-electron chi connectivity index (χ2n) is 7.36. The van der Waals surface area contributed by atoms with Crippen molar-refractivity contribution in [2.75, 3.05) is 6.61 Å². The summed E-state index contributed by atoms with van der Waals surface area (Å²) in [6.45, 7) is 3.79. The second kappa shape index (κ2) is 13.8. The van der Waals surface area contributed by atoms with E-state index in [1.807, 2.05) is 12.1 Å². The van der Waals surface area contributed by atoms with Crippen molar-refractivity contribution in [2.24, 2.45) is 11.8 Å². The number of esters is 1. The van der Waals surface area contributed by atoms with Gasteiger partial charge in [0.15, 0.2) is 0 Å². The predicted octanol–water partition coefficient (Wildman–Crippen LogP) is 5.57. The third-order valence-electron chi connectivity index (χ3n) is 5.17. The minimum absolute atomic E-state index is 0.00407. The molecule has 1 saturated carbocycles. The molecule has 1 fully saturated rings. The maximum absolute atomic E-state index is 11.4. The molecule has 7 heteroatoms. The van der Waals surface area contributed by atoms with Gasteiger partial charge >= 0.3 is 200 Å². The fraction of sp³-hybridized carbons (Fsp3) is 0.500. The van der Waals surface area contributed by atoms with Gasteiger partial charge in [-0.25, -0.2) is 0 Å². The monoisotopic (exact) mass is 671 g/mol. The van der Waals surface area contributed by atoms with Gasteiger partial charge in [-0.05, 0) is 0 Å². The van der Waals surface area contributed by atoms with Crippen molar-refractivity contribution in [2.45, 2.75) is 45.2 Å². The molecular formula is C22H27AcCl3O3. The van der Waals surface area contributed by atoms with Crippen molar-refractivity contribution in [3.63, 3.8) is 0 Å². The van der Waals surface area contributed by atoms with Crippen LogP contribution in [0, 0.1) is 51.5 Å². The molecule has 3 nitrogen and oxygen atoms in total. The molecule has 0 amide bonds. The average molecular weight is 673 g/mol. The molecule has 29 heavy (non-hydrogen) atoms. The van der Waals surface area contributed by atoms with Gasteiger partial charge in [-0.15, -0.1) is 0 Å². The van der Waals surface area contributed by atoms with E-state index in [0.29, 0.717) is 22.9 Å². The van der Waals surface area contributed by atoms with E-state index in [-0.39, 0.29) is 35.9 Å². The Morgan fingerprint density at radius 2 is 1.97 bits per heavy atom. The van der Waals surface area contributed by atoms with Crippen LogP contribution in [0.25, 0.3) is 0 Å². The summed E-state index contributed by atoms with van der Waals surface area (Å²) in [6, 6.07) is 5.79. The Bertz CT molecular complexity index is 690. The van der Waals surface area contributed by atoms with Gasteiger partial charge in [0, 0.05) is 0 Å². The number of carbonyl (C=O) groups excluding carboxylic acids is 1. The standard InChI is InChI=1S/C16H24ClO3.C6H3Cl2.Ac/c1-3-10-20-16(19)9-7-5-4-6-8-13-12(2)15(18)11-14(13)17;7-5-2-1-3-6(8)4-5;/h3-4,6,12-15,18H,1-2,5,7-11H2;2-4H;/b6-4-;;/t12-,13-,14-,15-;;/m1../s1. The first-order valence-corrected chi connectivity index (χ1v) is 16.9. The number of aliphatic hydroxyl groups excluding tert-OH is 1. The van der Waals surface area contributed by atoms with Crippen LogP contribution in [0.4, 0.5) is 0 Å². The molecule has 1 aliphatic carbocycles. The van der Waals surface area contributed by atoms with E-state index in [2.05, 4.69) is 18.7 Å². The first-order chi connectivity index (χ1) is 13.9. The number of hydrogen-bond donors (Lipinski definition) is 1. The van der Waals surface area contributed by atoms with Gasteiger partial charge in [-0.1, -0.05) is 12.7 Å². The zero-order valence-corrected chi connectivity index (χ0v) is 23.4. The molecule has 0 saturated heterocycles. The molecular weight excluding hydrogens is 646 g/mol. The van der Waals surface area contributed by atoms with Crippen molar-refractivity contribution in [1.82, 2.24) is 0 Å². The molecule has 1 aromatic rings. The summed E-state index contributed by atoms with van der Waals surface area (Å²) >= 11 is 17.4. The quantitative estimate of drug-likeness (QED) is 0.145. The molecule has 0 aromatic heterocycles. The normalized spacial score (nSPS) is 23.9. The van der Waals surface area contributed by atoms with Crippen molar-refractivity contribution in [1.29, 1.82) is 0 Å². The molecule has 0 radical (unpaired) electrons. The van der Waals surface area contributed by atoms with E-state index in [9.17, 15) is 9.90 Å². The van der Waals surface area contributed by atoms with Crippen molar-refractivity contribution in [3.8, 4) is 0 Å². The SMILES string of the molecule is C=CCOC(=O)CCC/C=C\C[C@@H]1[C@@H]([CH2][Ac][c]2cc(Cl)cc(Cl)c2)[C@H](O)C[C@H]1Cl. The van der Waals surface area contributed by atoms with Crippen LogP contribution in [0.5, 0.6) is 0 Å². The molecule has 0 heterocycles. The predicted molar refractivity (Wildman–Crippen MR) is 117 cm³/mol. The molecule has 2 rings (SSSR count). The fourth-order valence-corrected chi connectivity index (χ4v) is 13.0. The zero-order chi connectivity index (χ0) is 21.2. The molecule has 1 aliphatic rings. The van der Waals surface area contributed by atoms with Crippen LogP contribution in [0.15, 0.2) is 43.0 Å². The fourth-order valence-electron chi connectivity index (χ4n) is 3.71. The Morgan fingerprint density at radius 1 is 1.24 bits per heavy atom. The molecule has 0 aliphatic heterocycles. The number of carbonyl (C=O) groups is 1. The number of benzene rings is 1. The average Bonchev–Trinajstić information content (AvgIpc) is 2.93. The Kier molecular flexibility index (Phi) is 12.2. The van der Waals surface area contributed by atoms with Crippen LogP contribution in [-0.2, 0) is 9.53 Å². The van der Waals surface area contributed by atoms with Crippen LogP contribution in [-0.4, -0.2) is 29.2 Å². The summed E-state index contributed by atoms with van der Waals surface area (Å²) in [5.41, 5.74) is 0. The number of hydrogen-bond acceptors (Lipinski definition) is 3. The molecule has 1 N–H and O–H groups in total. The first-order valence-electron chi connectivity index (χ1n) is 9.93. The van der Waals surface area contributed by atoms with E-state index >= 15 is 0 Å². The van der Waals surface area contributed by atoms with Crippen molar-refractivity contribution >= 4 is 41.5 Å². The Hall–Kier alpha value is 0.442. The number of aliphatic hydroxyl groups is 1. The van der Waals surface area contributed by atoms with Gasteiger partial charge in [0.1, 0.15) is 0 Å². The summed E-state index contributed by atoms with van der Waals surface area (Å²) in [7, 11) is 0. The number of rotatable bonds is 11. The summed E-state index contributed by atoms with van der Waals surface area (Å²) < 4.78 is 7.32. The number of halogens is 3. The first kappa shape index (κ1) is 25.7. The Morgan fingerprint density at radius 3 is 2.66 bits per heavy atom. The van der Waals surface area contributed by atoms with Gasteiger partial charge in [0.25, 0.3) is 0 Å². The van der Waals surface area contributed by atoms with Crippen LogP contribution >= 0.6 is 34.8 Å². The van der Waals surface area contributed by atoms with Gasteiger partial charge < -0.3 is 0 Å². The topological polar surface area (TPSA) is 46.5 Å². The summed E-state index contributed by atoms with van der Waals surface area (Å²) in [4.78, 5) is 11.4. The third-order valence-corrected chi connectivity index (χ3v) is 12.6. The number of unbranched alkanes of at least 4 members (excludes halogenated alkanes) is 1. The van der Waals surface area contributed by atoms with Crippen molar-refractivity contribution < 1.29 is 54.3 Å². The van der Waals surface area contributed by atoms with E-state index in [1.165, 1.54) is 0.743 Å². The molecule has 1 aromatic carbocycles. The van der Waals surface area contributed by atoms with Crippen LogP contribution in [0.3, 0.4) is 0 Å². The number of ether oxygens (including phenoxy) is 1. The van der Waals surface area contributed by atoms with Gasteiger partial charge in [0.2, 0.25) is 0 Å².